The van der Waals surface area contributed by atoms with Gasteiger partial charge in [-0.2, -0.15) is 0 Å². The molecule has 0 spiro atoms. The molecule has 2 rings (SSSR count). The van der Waals surface area contributed by atoms with Gasteiger partial charge in [0.1, 0.15) is 12.1 Å². The zero-order valence-corrected chi connectivity index (χ0v) is 17.6. The number of rotatable bonds is 7. The fourth-order valence-corrected chi connectivity index (χ4v) is 4.32. The molecule has 4 atom stereocenters. The summed E-state index contributed by atoms with van der Waals surface area (Å²) in [7, 11) is 0. The summed E-state index contributed by atoms with van der Waals surface area (Å²) >= 11 is 0. The Morgan fingerprint density at radius 1 is 1.07 bits per heavy atom. The first kappa shape index (κ1) is 22.3. The molecule has 0 aliphatic carbocycles. The predicted octanol–water partition coefficient (Wildman–Crippen LogP) is 0.291. The van der Waals surface area contributed by atoms with E-state index >= 15 is 0 Å². The quantitative estimate of drug-likeness (QED) is 0.644. The molecular weight excluding hydrogens is 360 g/mol. The minimum Gasteiger partial charge on any atom is -0.345 e. The van der Waals surface area contributed by atoms with Gasteiger partial charge in [0.25, 0.3) is 0 Å². The number of ketones is 1. The van der Waals surface area contributed by atoms with Gasteiger partial charge in [0, 0.05) is 13.5 Å². The Morgan fingerprint density at radius 3 is 2.21 bits per heavy atom. The summed E-state index contributed by atoms with van der Waals surface area (Å²) in [6, 6.07) is -2.24. The van der Waals surface area contributed by atoms with E-state index in [4.69, 9.17) is 5.73 Å². The SMILES string of the molecule is CC(=O)NC(CC(C)C)C(=O)N1CC(=O)C2C1CCN2C(=O)C(N)CC(C)C. The zero-order valence-electron chi connectivity index (χ0n) is 17.6. The largest absolute Gasteiger partial charge is 0.345 e. The average molecular weight is 395 g/mol. The van der Waals surface area contributed by atoms with Crippen molar-refractivity contribution in [3.05, 3.63) is 0 Å². The Balaban J connectivity index is 2.14. The smallest absolute Gasteiger partial charge is 0.245 e. The molecule has 0 saturated carbocycles. The first-order chi connectivity index (χ1) is 13.0. The predicted molar refractivity (Wildman–Crippen MR) is 105 cm³/mol. The summed E-state index contributed by atoms with van der Waals surface area (Å²) in [4.78, 5) is 53.2. The summed E-state index contributed by atoms with van der Waals surface area (Å²) in [5.41, 5.74) is 6.05. The fraction of sp³-hybridized carbons (Fsp3) is 0.800. The lowest BCUT2D eigenvalue weighted by Gasteiger charge is -2.29. The Hall–Kier alpha value is -1.96. The van der Waals surface area contributed by atoms with Crippen molar-refractivity contribution in [2.75, 3.05) is 13.1 Å². The highest BCUT2D eigenvalue weighted by molar-refractivity contribution is 5.99. The molecule has 2 aliphatic rings. The number of nitrogens with one attached hydrogen (secondary N) is 1. The van der Waals surface area contributed by atoms with Crippen LogP contribution in [0.1, 0.15) is 53.9 Å². The Morgan fingerprint density at radius 2 is 1.68 bits per heavy atom. The molecule has 3 N–H and O–H groups in total. The second-order valence-corrected chi connectivity index (χ2v) is 8.88. The number of fused-ring (bicyclic) bond motifs is 1. The van der Waals surface area contributed by atoms with Gasteiger partial charge in [0.05, 0.1) is 18.6 Å². The minimum absolute atomic E-state index is 0.0223. The zero-order chi connectivity index (χ0) is 21.2. The Kier molecular flexibility index (Phi) is 7.20. The number of likely N-dealkylation sites (tertiary alicyclic amines) is 2. The van der Waals surface area contributed by atoms with Crippen molar-refractivity contribution in [3.63, 3.8) is 0 Å². The van der Waals surface area contributed by atoms with Crippen LogP contribution in [0.15, 0.2) is 0 Å². The molecule has 0 aromatic carbocycles. The number of Topliss-reactive ketones (excluding diaryl/α,β-unsaturated/α-hetero) is 1. The van der Waals surface area contributed by atoms with Gasteiger partial charge in [0.15, 0.2) is 5.78 Å². The molecule has 0 aromatic rings. The van der Waals surface area contributed by atoms with Crippen LogP contribution in [0, 0.1) is 11.8 Å². The molecule has 0 aromatic heterocycles. The van der Waals surface area contributed by atoms with Gasteiger partial charge in [-0.15, -0.1) is 0 Å². The highest BCUT2D eigenvalue weighted by Gasteiger charge is 2.52. The third-order valence-corrected chi connectivity index (χ3v) is 5.41. The summed E-state index contributed by atoms with van der Waals surface area (Å²) in [6.45, 7) is 9.73. The van der Waals surface area contributed by atoms with Crippen molar-refractivity contribution in [1.82, 2.24) is 15.1 Å². The third-order valence-electron chi connectivity index (χ3n) is 5.41. The maximum absolute atomic E-state index is 13.1. The number of nitrogens with two attached hydrogens (primary N) is 1. The highest BCUT2D eigenvalue weighted by atomic mass is 16.2. The van der Waals surface area contributed by atoms with E-state index in [0.29, 0.717) is 25.8 Å². The van der Waals surface area contributed by atoms with Crippen molar-refractivity contribution in [2.45, 2.75) is 78.0 Å². The number of carbonyl (C=O) groups excluding carboxylic acids is 4. The number of carbonyl (C=O) groups is 4. The van der Waals surface area contributed by atoms with Gasteiger partial charge in [0.2, 0.25) is 17.7 Å². The van der Waals surface area contributed by atoms with Crippen molar-refractivity contribution >= 4 is 23.5 Å². The molecule has 3 amide bonds. The van der Waals surface area contributed by atoms with Crippen molar-refractivity contribution in [1.29, 1.82) is 0 Å². The molecule has 8 heteroatoms. The lowest BCUT2D eigenvalue weighted by molar-refractivity contribution is -0.138. The standard InChI is InChI=1S/C20H34N4O4/c1-11(2)8-14(21)19(27)23-7-6-16-18(23)17(26)10-24(16)20(28)15(9-12(3)4)22-13(5)25/h11-12,14-16,18H,6-10,21H2,1-5H3,(H,22,25). The Labute approximate surface area is 167 Å². The van der Waals surface area contributed by atoms with Crippen LogP contribution in [0.4, 0.5) is 0 Å². The molecule has 2 heterocycles. The van der Waals surface area contributed by atoms with Crippen LogP contribution >= 0.6 is 0 Å². The molecule has 0 bridgehead atoms. The number of hydrogen-bond donors (Lipinski definition) is 2. The van der Waals surface area contributed by atoms with Gasteiger partial charge in [-0.1, -0.05) is 27.7 Å². The van der Waals surface area contributed by atoms with Gasteiger partial charge >= 0.3 is 0 Å². The van der Waals surface area contributed by atoms with Crippen molar-refractivity contribution in [2.24, 2.45) is 17.6 Å². The van der Waals surface area contributed by atoms with Gasteiger partial charge in [-0.3, -0.25) is 19.2 Å². The first-order valence-electron chi connectivity index (χ1n) is 10.2. The van der Waals surface area contributed by atoms with E-state index in [-0.39, 0.29) is 47.9 Å². The van der Waals surface area contributed by atoms with Crippen LogP contribution in [0.2, 0.25) is 0 Å². The molecule has 2 saturated heterocycles. The van der Waals surface area contributed by atoms with E-state index in [1.165, 1.54) is 6.92 Å². The normalized spacial score (nSPS) is 23.9. The molecular formula is C20H34N4O4. The molecule has 0 radical (unpaired) electrons. The molecule has 158 valence electrons. The second-order valence-electron chi connectivity index (χ2n) is 8.88. The minimum atomic E-state index is -0.656. The van der Waals surface area contributed by atoms with Crippen LogP contribution in [0.5, 0.6) is 0 Å². The van der Waals surface area contributed by atoms with E-state index in [0.717, 1.165) is 0 Å². The maximum Gasteiger partial charge on any atom is 0.245 e. The molecule has 2 fully saturated rings. The van der Waals surface area contributed by atoms with E-state index in [1.807, 2.05) is 27.7 Å². The van der Waals surface area contributed by atoms with Crippen molar-refractivity contribution in [3.8, 4) is 0 Å². The summed E-state index contributed by atoms with van der Waals surface area (Å²) in [6.07, 6.45) is 1.61. The average Bonchev–Trinajstić information content (AvgIpc) is 3.13. The summed E-state index contributed by atoms with van der Waals surface area (Å²) in [5, 5.41) is 2.71. The van der Waals surface area contributed by atoms with Crippen LogP contribution in [-0.4, -0.2) is 70.6 Å². The Bertz CT molecular complexity index is 634. The molecule has 8 nitrogen and oxygen atoms in total. The second kappa shape index (κ2) is 9.03. The van der Waals surface area contributed by atoms with Crippen molar-refractivity contribution < 1.29 is 19.2 Å². The number of hydrogen-bond acceptors (Lipinski definition) is 5. The van der Waals surface area contributed by atoms with E-state index in [9.17, 15) is 19.2 Å². The van der Waals surface area contributed by atoms with Gasteiger partial charge in [-0.25, -0.2) is 0 Å². The molecule has 28 heavy (non-hydrogen) atoms. The number of nitrogens with zero attached hydrogens (tertiary/aromatic N) is 2. The number of amides is 3. The van der Waals surface area contributed by atoms with Crippen LogP contribution in [0.25, 0.3) is 0 Å². The van der Waals surface area contributed by atoms with E-state index in [1.54, 1.807) is 9.80 Å². The fourth-order valence-electron chi connectivity index (χ4n) is 4.32. The molecule has 2 aliphatic heterocycles. The topological polar surface area (TPSA) is 113 Å². The van der Waals surface area contributed by atoms with Gasteiger partial charge < -0.3 is 20.9 Å². The lowest BCUT2D eigenvalue weighted by atomic mass is 10.0. The van der Waals surface area contributed by atoms with Crippen LogP contribution in [0.3, 0.4) is 0 Å². The monoisotopic (exact) mass is 394 g/mol. The highest BCUT2D eigenvalue weighted by Crippen LogP contribution is 2.31. The summed E-state index contributed by atoms with van der Waals surface area (Å²) in [5.74, 6) is -0.374. The summed E-state index contributed by atoms with van der Waals surface area (Å²) < 4.78 is 0. The maximum atomic E-state index is 13.1. The van der Waals surface area contributed by atoms with E-state index in [2.05, 4.69) is 5.32 Å². The van der Waals surface area contributed by atoms with Crippen LogP contribution in [-0.2, 0) is 19.2 Å². The van der Waals surface area contributed by atoms with Gasteiger partial charge in [-0.05, 0) is 31.1 Å². The molecule has 4 unspecified atom stereocenters. The van der Waals surface area contributed by atoms with E-state index < -0.39 is 18.1 Å². The lowest BCUT2D eigenvalue weighted by Crippen LogP contribution is -2.52. The first-order valence-corrected chi connectivity index (χ1v) is 10.2. The third kappa shape index (κ3) is 4.90. The van der Waals surface area contributed by atoms with Crippen LogP contribution < -0.4 is 11.1 Å².